The van der Waals surface area contributed by atoms with Gasteiger partial charge < -0.3 is 14.8 Å². The highest BCUT2D eigenvalue weighted by Crippen LogP contribution is 2.32. The van der Waals surface area contributed by atoms with Gasteiger partial charge in [-0.2, -0.15) is 5.10 Å². The van der Waals surface area contributed by atoms with Crippen molar-refractivity contribution in [2.24, 2.45) is 0 Å². The van der Waals surface area contributed by atoms with Crippen LogP contribution in [0.5, 0.6) is 5.75 Å². The number of ether oxygens (including phenoxy) is 2. The van der Waals surface area contributed by atoms with Crippen LogP contribution >= 0.6 is 0 Å². The van der Waals surface area contributed by atoms with Crippen molar-refractivity contribution in [1.29, 1.82) is 0 Å². The van der Waals surface area contributed by atoms with Gasteiger partial charge in [0.05, 0.1) is 42.0 Å². The van der Waals surface area contributed by atoms with Crippen LogP contribution in [-0.4, -0.2) is 35.4 Å². The van der Waals surface area contributed by atoms with Gasteiger partial charge in [0.15, 0.2) is 0 Å². The van der Waals surface area contributed by atoms with Gasteiger partial charge in [-0.3, -0.25) is 4.79 Å². The van der Waals surface area contributed by atoms with E-state index in [1.54, 1.807) is 26.2 Å². The van der Waals surface area contributed by atoms with E-state index in [0.717, 1.165) is 28.3 Å². The first kappa shape index (κ1) is 22.8. The largest absolute Gasteiger partial charge is 0.497 e. The number of carbonyl (C=O) groups excluding carboxylic acids is 2. The number of hydrogen-bond acceptors (Lipinski definition) is 5. The second-order valence-electron chi connectivity index (χ2n) is 7.55. The standard InChI is InChI=1S/C27H25N3O4/c1-4-34-27(32)23-16-20(12-15-24(23)28-18(2)31)25-17-26(19-10-13-22(33-3)14-11-19)30(29-25)21-8-6-5-7-9-21/h5-17H,4H2,1-3H3,(H,28,31). The number of nitrogens with zero attached hydrogens (tertiary/aromatic N) is 2. The predicted octanol–water partition coefficient (Wildman–Crippen LogP) is 5.35. The Labute approximate surface area is 197 Å². The number of para-hydroxylation sites is 1. The monoisotopic (exact) mass is 455 g/mol. The number of nitrogens with one attached hydrogen (secondary N) is 1. The number of esters is 1. The highest BCUT2D eigenvalue weighted by atomic mass is 16.5. The molecule has 0 atom stereocenters. The van der Waals surface area contributed by atoms with Crippen molar-refractivity contribution >= 4 is 17.6 Å². The Bertz CT molecular complexity index is 1310. The molecule has 0 aliphatic heterocycles. The summed E-state index contributed by atoms with van der Waals surface area (Å²) in [7, 11) is 1.63. The molecule has 0 saturated carbocycles. The minimum absolute atomic E-state index is 0.229. The minimum Gasteiger partial charge on any atom is -0.497 e. The Morgan fingerprint density at radius 3 is 2.29 bits per heavy atom. The molecule has 4 aromatic rings. The fourth-order valence-corrected chi connectivity index (χ4v) is 3.64. The summed E-state index contributed by atoms with van der Waals surface area (Å²) in [6.45, 7) is 3.36. The lowest BCUT2D eigenvalue weighted by atomic mass is 10.0. The van der Waals surface area contributed by atoms with Crippen molar-refractivity contribution in [1.82, 2.24) is 9.78 Å². The Morgan fingerprint density at radius 2 is 1.65 bits per heavy atom. The van der Waals surface area contributed by atoms with Crippen molar-refractivity contribution in [3.8, 4) is 34.0 Å². The van der Waals surface area contributed by atoms with E-state index >= 15 is 0 Å². The SMILES string of the molecule is CCOC(=O)c1cc(-c2cc(-c3ccc(OC)cc3)n(-c3ccccc3)n2)ccc1NC(C)=O. The van der Waals surface area contributed by atoms with Crippen molar-refractivity contribution < 1.29 is 19.1 Å². The summed E-state index contributed by atoms with van der Waals surface area (Å²) in [4.78, 5) is 24.2. The number of carbonyl (C=O) groups is 2. The third-order valence-electron chi connectivity index (χ3n) is 5.22. The minimum atomic E-state index is -0.508. The van der Waals surface area contributed by atoms with E-state index in [1.165, 1.54) is 6.92 Å². The first-order chi connectivity index (χ1) is 16.5. The molecule has 0 bridgehead atoms. The molecule has 0 spiro atoms. The summed E-state index contributed by atoms with van der Waals surface area (Å²) in [6.07, 6.45) is 0. The molecule has 0 unspecified atom stereocenters. The Balaban J connectivity index is 1.84. The smallest absolute Gasteiger partial charge is 0.340 e. The van der Waals surface area contributed by atoms with Crippen LogP contribution in [-0.2, 0) is 9.53 Å². The Hall–Kier alpha value is -4.39. The zero-order valence-corrected chi connectivity index (χ0v) is 19.2. The molecule has 34 heavy (non-hydrogen) atoms. The molecule has 7 nitrogen and oxygen atoms in total. The highest BCUT2D eigenvalue weighted by molar-refractivity contribution is 6.01. The maximum Gasteiger partial charge on any atom is 0.340 e. The van der Waals surface area contributed by atoms with Gasteiger partial charge in [-0.15, -0.1) is 0 Å². The molecule has 4 rings (SSSR count). The molecular formula is C27H25N3O4. The number of amides is 1. The topological polar surface area (TPSA) is 82.4 Å². The van der Waals surface area contributed by atoms with E-state index in [2.05, 4.69) is 5.32 Å². The molecular weight excluding hydrogens is 430 g/mol. The van der Waals surface area contributed by atoms with Gasteiger partial charge in [-0.05, 0) is 61.5 Å². The number of rotatable bonds is 7. The van der Waals surface area contributed by atoms with Crippen LogP contribution in [0.4, 0.5) is 5.69 Å². The highest BCUT2D eigenvalue weighted by Gasteiger charge is 2.18. The maximum absolute atomic E-state index is 12.6. The Kier molecular flexibility index (Phi) is 6.73. The average Bonchev–Trinajstić information content (AvgIpc) is 3.30. The van der Waals surface area contributed by atoms with Crippen LogP contribution in [0.2, 0.25) is 0 Å². The molecule has 1 amide bonds. The van der Waals surface area contributed by atoms with Gasteiger partial charge >= 0.3 is 5.97 Å². The molecule has 172 valence electrons. The third kappa shape index (κ3) is 4.83. The Morgan fingerprint density at radius 1 is 0.941 bits per heavy atom. The molecule has 1 N–H and O–H groups in total. The van der Waals surface area contributed by atoms with Gasteiger partial charge in [0.2, 0.25) is 5.91 Å². The summed E-state index contributed by atoms with van der Waals surface area (Å²) >= 11 is 0. The normalized spacial score (nSPS) is 10.6. The first-order valence-corrected chi connectivity index (χ1v) is 10.9. The maximum atomic E-state index is 12.6. The zero-order chi connectivity index (χ0) is 24.1. The molecule has 0 radical (unpaired) electrons. The van der Waals surface area contributed by atoms with E-state index in [0.29, 0.717) is 11.4 Å². The fourth-order valence-electron chi connectivity index (χ4n) is 3.64. The predicted molar refractivity (Wildman–Crippen MR) is 131 cm³/mol. The van der Waals surface area contributed by atoms with E-state index in [4.69, 9.17) is 14.6 Å². The van der Waals surface area contributed by atoms with Crippen LogP contribution in [0.3, 0.4) is 0 Å². The molecule has 0 aliphatic rings. The molecule has 0 saturated heterocycles. The zero-order valence-electron chi connectivity index (χ0n) is 19.2. The number of benzene rings is 3. The second-order valence-corrected chi connectivity index (χ2v) is 7.55. The first-order valence-electron chi connectivity index (χ1n) is 10.9. The molecule has 0 fully saturated rings. The van der Waals surface area contributed by atoms with Crippen molar-refractivity contribution in [3.05, 3.63) is 84.4 Å². The average molecular weight is 456 g/mol. The van der Waals surface area contributed by atoms with Crippen molar-refractivity contribution in [3.63, 3.8) is 0 Å². The van der Waals surface area contributed by atoms with Crippen LogP contribution in [0.25, 0.3) is 28.2 Å². The van der Waals surface area contributed by atoms with Crippen molar-refractivity contribution in [2.75, 3.05) is 19.0 Å². The second kappa shape index (κ2) is 10.0. The van der Waals surface area contributed by atoms with E-state index < -0.39 is 5.97 Å². The number of methoxy groups -OCH3 is 1. The molecule has 1 aromatic heterocycles. The van der Waals surface area contributed by atoms with Gasteiger partial charge in [0, 0.05) is 18.1 Å². The van der Waals surface area contributed by atoms with Gasteiger partial charge in [-0.25, -0.2) is 9.48 Å². The third-order valence-corrected chi connectivity index (χ3v) is 5.22. The van der Waals surface area contributed by atoms with E-state index in [-0.39, 0.29) is 18.1 Å². The summed E-state index contributed by atoms with van der Waals surface area (Å²) in [5.74, 6) is -0.0122. The molecule has 7 heteroatoms. The van der Waals surface area contributed by atoms with E-state index in [9.17, 15) is 9.59 Å². The quantitative estimate of drug-likeness (QED) is 0.380. The summed E-state index contributed by atoms with van der Waals surface area (Å²) in [6, 6.07) is 24.7. The van der Waals surface area contributed by atoms with Gasteiger partial charge in [-0.1, -0.05) is 24.3 Å². The molecule has 1 heterocycles. The van der Waals surface area contributed by atoms with Crippen LogP contribution < -0.4 is 10.1 Å². The van der Waals surface area contributed by atoms with Gasteiger partial charge in [0.25, 0.3) is 0 Å². The summed E-state index contributed by atoms with van der Waals surface area (Å²) in [5.41, 5.74) is 4.81. The molecule has 3 aromatic carbocycles. The van der Waals surface area contributed by atoms with Crippen LogP contribution in [0.15, 0.2) is 78.9 Å². The summed E-state index contributed by atoms with van der Waals surface area (Å²) in [5, 5.41) is 7.55. The van der Waals surface area contributed by atoms with Crippen LogP contribution in [0, 0.1) is 0 Å². The van der Waals surface area contributed by atoms with Crippen molar-refractivity contribution in [2.45, 2.75) is 13.8 Å². The fraction of sp³-hybridized carbons (Fsp3) is 0.148. The lowest BCUT2D eigenvalue weighted by Crippen LogP contribution is -2.13. The van der Waals surface area contributed by atoms with E-state index in [1.807, 2.05) is 71.4 Å². The molecule has 0 aliphatic carbocycles. The lowest BCUT2D eigenvalue weighted by molar-refractivity contribution is -0.114. The number of aromatic nitrogens is 2. The number of hydrogen-bond donors (Lipinski definition) is 1. The lowest BCUT2D eigenvalue weighted by Gasteiger charge is -2.10. The number of anilines is 1. The van der Waals surface area contributed by atoms with Gasteiger partial charge in [0.1, 0.15) is 5.75 Å². The van der Waals surface area contributed by atoms with Crippen LogP contribution in [0.1, 0.15) is 24.2 Å². The summed E-state index contributed by atoms with van der Waals surface area (Å²) < 4.78 is 12.4.